The molecule has 0 bridgehead atoms. The van der Waals surface area contributed by atoms with Gasteiger partial charge in [0.05, 0.1) is 17.3 Å². The first-order chi connectivity index (χ1) is 17.6. The van der Waals surface area contributed by atoms with Crippen molar-refractivity contribution in [2.75, 3.05) is 19.7 Å². The number of amides is 1. The van der Waals surface area contributed by atoms with E-state index in [4.69, 9.17) is 19.9 Å². The number of carbonyl (C=O) groups excluding carboxylic acids is 1. The van der Waals surface area contributed by atoms with Crippen LogP contribution in [0.3, 0.4) is 0 Å². The number of hydrogen-bond acceptors (Lipinski definition) is 6. The minimum absolute atomic E-state index is 0.0838. The lowest BCUT2D eigenvalue weighted by molar-refractivity contribution is 0.0738. The summed E-state index contributed by atoms with van der Waals surface area (Å²) in [6.07, 6.45) is 3.08. The summed E-state index contributed by atoms with van der Waals surface area (Å²) in [6.45, 7) is 9.04. The number of likely N-dealkylation sites (tertiary alicyclic amines) is 1. The maximum absolute atomic E-state index is 14.1. The summed E-state index contributed by atoms with van der Waals surface area (Å²) in [5.41, 5.74) is 2.96. The Morgan fingerprint density at radius 1 is 1.30 bits per heavy atom. The number of aldehydes is 1. The molecule has 1 amide bonds. The third kappa shape index (κ3) is 5.11. The van der Waals surface area contributed by atoms with Gasteiger partial charge in [0.25, 0.3) is 0 Å². The number of ether oxygens (including phenoxy) is 1. The Balaban J connectivity index is 1.45. The average Bonchev–Trinajstić information content (AvgIpc) is 3.35. The first-order valence-electron chi connectivity index (χ1n) is 12.2. The van der Waals surface area contributed by atoms with Gasteiger partial charge in [0, 0.05) is 51.8 Å². The van der Waals surface area contributed by atoms with Gasteiger partial charge in [-0.05, 0) is 24.2 Å². The molecule has 4 heterocycles. The molecule has 0 unspecified atom stereocenters. The van der Waals surface area contributed by atoms with Crippen LogP contribution in [0.1, 0.15) is 10.4 Å². The van der Waals surface area contributed by atoms with Crippen molar-refractivity contribution in [3.63, 3.8) is 0 Å². The van der Waals surface area contributed by atoms with Crippen molar-refractivity contribution in [2.45, 2.75) is 39.0 Å². The molecule has 10 nitrogen and oxygen atoms in total. The highest BCUT2D eigenvalue weighted by molar-refractivity contribution is 6.76. The van der Waals surface area contributed by atoms with Gasteiger partial charge in [0.2, 0.25) is 0 Å². The van der Waals surface area contributed by atoms with Gasteiger partial charge in [-0.2, -0.15) is 5.10 Å². The second-order valence-electron chi connectivity index (χ2n) is 10.7. The molecule has 1 aliphatic rings. The maximum Gasteiger partial charge on any atom is 0.407 e. The van der Waals surface area contributed by atoms with E-state index in [1.165, 1.54) is 17.0 Å². The Bertz CT molecular complexity index is 1490. The highest BCUT2D eigenvalue weighted by Gasteiger charge is 2.31. The van der Waals surface area contributed by atoms with E-state index in [2.05, 4.69) is 24.6 Å². The highest BCUT2D eigenvalue weighted by Crippen LogP contribution is 2.30. The van der Waals surface area contributed by atoms with Gasteiger partial charge in [0.15, 0.2) is 11.9 Å². The van der Waals surface area contributed by atoms with E-state index in [9.17, 15) is 14.0 Å². The van der Waals surface area contributed by atoms with Crippen LogP contribution in [0, 0.1) is 11.7 Å². The fourth-order valence-electron chi connectivity index (χ4n) is 4.48. The van der Waals surface area contributed by atoms with E-state index in [0.29, 0.717) is 65.3 Å². The molecule has 12 heteroatoms. The third-order valence-electron chi connectivity index (χ3n) is 6.56. The van der Waals surface area contributed by atoms with Gasteiger partial charge in [-0.15, -0.1) is 0 Å². The van der Waals surface area contributed by atoms with Gasteiger partial charge in [-0.3, -0.25) is 9.48 Å². The number of nitrogens with zero attached hydrogens (tertiary/aromatic N) is 6. The van der Waals surface area contributed by atoms with Crippen LogP contribution in [0.15, 0.2) is 30.6 Å². The Kier molecular flexibility index (Phi) is 6.54. The molecule has 1 aromatic carbocycles. The summed E-state index contributed by atoms with van der Waals surface area (Å²) in [5, 5.41) is 14.5. The summed E-state index contributed by atoms with van der Waals surface area (Å²) in [4.78, 5) is 33.5. The van der Waals surface area contributed by atoms with Crippen LogP contribution >= 0.6 is 0 Å². The molecule has 37 heavy (non-hydrogen) atoms. The Morgan fingerprint density at radius 3 is 2.78 bits per heavy atom. The van der Waals surface area contributed by atoms with Crippen LogP contribution in [-0.4, -0.2) is 74.5 Å². The normalized spacial score (nSPS) is 14.4. The summed E-state index contributed by atoms with van der Waals surface area (Å²) in [5.74, 6) is -0.308. The van der Waals surface area contributed by atoms with E-state index in [1.807, 2.05) is 0 Å². The largest absolute Gasteiger partial charge is 0.465 e. The fourth-order valence-corrected chi connectivity index (χ4v) is 5.23. The summed E-state index contributed by atoms with van der Waals surface area (Å²) in [7, 11) is -1.22. The second kappa shape index (κ2) is 9.67. The van der Waals surface area contributed by atoms with Gasteiger partial charge < -0.3 is 19.3 Å². The van der Waals surface area contributed by atoms with Crippen LogP contribution in [0.4, 0.5) is 9.18 Å². The standard InChI is InChI=1S/C25H29FN6O4Si/c1-37(2,3)7-6-36-15-31-13-17(14-33)22-24(31)27-9-20(28-22)23-19-5-4-18(26)8-21(19)32(29-23)12-16-10-30(11-16)25(34)35/h4-5,8-9,13-14,16H,6-7,10-12,15H2,1-3H3,(H,34,35). The second-order valence-corrected chi connectivity index (χ2v) is 16.3. The van der Waals surface area contributed by atoms with Crippen LogP contribution in [0.2, 0.25) is 25.7 Å². The lowest BCUT2D eigenvalue weighted by Crippen LogP contribution is -2.50. The molecule has 3 aromatic heterocycles. The number of rotatable bonds is 9. The molecule has 194 valence electrons. The number of carboxylic acid groups (broad SMARTS) is 1. The number of fused-ring (bicyclic) bond motifs is 2. The molecule has 5 rings (SSSR count). The van der Waals surface area contributed by atoms with E-state index >= 15 is 0 Å². The predicted octanol–water partition coefficient (Wildman–Crippen LogP) is 4.32. The number of carbonyl (C=O) groups is 2. The van der Waals surface area contributed by atoms with Crippen LogP contribution in [0.25, 0.3) is 33.5 Å². The number of halogens is 1. The number of hydrogen-bond donors (Lipinski definition) is 1. The molecule has 1 fully saturated rings. The topological polar surface area (TPSA) is 115 Å². The predicted molar refractivity (Wildman–Crippen MR) is 139 cm³/mol. The zero-order chi connectivity index (χ0) is 26.3. The summed E-state index contributed by atoms with van der Waals surface area (Å²) < 4.78 is 23.4. The van der Waals surface area contributed by atoms with Crippen molar-refractivity contribution in [3.05, 3.63) is 42.0 Å². The first kappa shape index (κ1) is 25.0. The van der Waals surface area contributed by atoms with Crippen molar-refractivity contribution in [1.82, 2.24) is 29.2 Å². The van der Waals surface area contributed by atoms with Crippen LogP contribution in [-0.2, 0) is 18.0 Å². The molecule has 0 saturated carbocycles. The van der Waals surface area contributed by atoms with Crippen molar-refractivity contribution in [1.29, 1.82) is 0 Å². The van der Waals surface area contributed by atoms with Crippen LogP contribution < -0.4 is 0 Å². The van der Waals surface area contributed by atoms with Gasteiger partial charge in [-0.1, -0.05) is 19.6 Å². The lowest BCUT2D eigenvalue weighted by atomic mass is 10.0. The van der Waals surface area contributed by atoms with E-state index in [0.717, 1.165) is 12.3 Å². The average molecular weight is 525 g/mol. The smallest absolute Gasteiger partial charge is 0.407 e. The molecule has 1 N–H and O–H groups in total. The molecule has 1 saturated heterocycles. The Morgan fingerprint density at radius 2 is 2.08 bits per heavy atom. The minimum atomic E-state index is -1.22. The maximum atomic E-state index is 14.1. The van der Waals surface area contributed by atoms with E-state index in [1.54, 1.807) is 27.7 Å². The SMILES string of the molecule is C[Si](C)(C)CCOCn1cc(C=O)c2nc(-c3nn(CC4CN(C(=O)O)C4)c4cc(F)ccc34)cnc21. The fraction of sp³-hybridized carbons (Fsp3) is 0.400. The third-order valence-corrected chi connectivity index (χ3v) is 8.27. The summed E-state index contributed by atoms with van der Waals surface area (Å²) in [6, 6.07) is 5.47. The van der Waals surface area contributed by atoms with Crippen molar-refractivity contribution in [2.24, 2.45) is 5.92 Å². The molecule has 0 radical (unpaired) electrons. The van der Waals surface area contributed by atoms with Crippen molar-refractivity contribution >= 4 is 42.5 Å². The lowest BCUT2D eigenvalue weighted by Gasteiger charge is -2.36. The van der Waals surface area contributed by atoms with Crippen molar-refractivity contribution < 1.29 is 23.8 Å². The number of benzene rings is 1. The summed E-state index contributed by atoms with van der Waals surface area (Å²) >= 11 is 0. The van der Waals surface area contributed by atoms with E-state index < -0.39 is 20.0 Å². The molecule has 0 aliphatic carbocycles. The molecule has 0 spiro atoms. The molecule has 1 aliphatic heterocycles. The zero-order valence-electron chi connectivity index (χ0n) is 21.0. The quantitative estimate of drug-likeness (QED) is 0.197. The van der Waals surface area contributed by atoms with Gasteiger partial charge in [-0.25, -0.2) is 19.2 Å². The number of aromatic nitrogens is 5. The zero-order valence-corrected chi connectivity index (χ0v) is 22.0. The molecule has 4 aromatic rings. The van der Waals surface area contributed by atoms with Crippen molar-refractivity contribution in [3.8, 4) is 11.4 Å². The molecular weight excluding hydrogens is 495 g/mol. The Hall–Kier alpha value is -3.64. The molecule has 0 atom stereocenters. The highest BCUT2D eigenvalue weighted by atomic mass is 28.3. The van der Waals surface area contributed by atoms with E-state index in [-0.39, 0.29) is 12.6 Å². The Labute approximate surface area is 213 Å². The minimum Gasteiger partial charge on any atom is -0.465 e. The first-order valence-corrected chi connectivity index (χ1v) is 15.9. The monoisotopic (exact) mass is 524 g/mol. The van der Waals surface area contributed by atoms with Gasteiger partial charge >= 0.3 is 6.09 Å². The van der Waals surface area contributed by atoms with Gasteiger partial charge in [0.1, 0.15) is 29.5 Å². The van der Waals surface area contributed by atoms with Crippen LogP contribution in [0.5, 0.6) is 0 Å². The molecular formula is C25H29FN6O4Si.